The molecule has 0 bridgehead atoms. The molecule has 3 atom stereocenters. The second-order valence-corrected chi connectivity index (χ2v) is 16.3. The molecule has 0 radical (unpaired) electrons. The van der Waals surface area contributed by atoms with Gasteiger partial charge in [-0.15, -0.1) is 0 Å². The van der Waals surface area contributed by atoms with Crippen molar-refractivity contribution < 1.29 is 20.1 Å². The Hall–Kier alpha value is -0.650. The Morgan fingerprint density at radius 3 is 0.882 bits per heavy atom. The Labute approximate surface area is 319 Å². The third-order valence-electron chi connectivity index (χ3n) is 11.2. The topological polar surface area (TPSA) is 89.8 Å². The summed E-state index contributed by atoms with van der Waals surface area (Å²) in [4.78, 5) is 12.5. The van der Waals surface area contributed by atoms with Crippen LogP contribution in [0.4, 0.5) is 0 Å². The minimum absolute atomic E-state index is 0.308. The first-order chi connectivity index (χ1) is 25.1. The van der Waals surface area contributed by atoms with Crippen LogP contribution in [-0.4, -0.2) is 46.1 Å². The van der Waals surface area contributed by atoms with E-state index in [9.17, 15) is 20.1 Å². The van der Waals surface area contributed by atoms with E-state index >= 15 is 0 Å². The molecule has 0 saturated carbocycles. The average Bonchev–Trinajstić information content (AvgIpc) is 3.13. The van der Waals surface area contributed by atoms with Crippen molar-refractivity contribution in [2.45, 2.75) is 283 Å². The lowest BCUT2D eigenvalue weighted by Gasteiger charge is -2.23. The van der Waals surface area contributed by atoms with Crippen LogP contribution in [0.25, 0.3) is 0 Å². The highest BCUT2D eigenvalue weighted by Gasteiger charge is 2.23. The number of carbonyl (C=O) groups is 1. The molecular weight excluding hydrogens is 631 g/mol. The van der Waals surface area contributed by atoms with Gasteiger partial charge < -0.3 is 20.6 Å². The lowest BCUT2D eigenvalue weighted by atomic mass is 10.0. The highest BCUT2D eigenvalue weighted by molar-refractivity contribution is 5.80. The zero-order valence-electron chi connectivity index (χ0n) is 34.8. The molecule has 0 rings (SSSR count). The van der Waals surface area contributed by atoms with Crippen LogP contribution in [0, 0.1) is 0 Å². The van der Waals surface area contributed by atoms with Crippen molar-refractivity contribution in [1.29, 1.82) is 0 Å². The molecule has 0 aromatic heterocycles. The number of hydrogen-bond donors (Lipinski definition) is 4. The summed E-state index contributed by atoms with van der Waals surface area (Å²) in [6.07, 6.45) is 48.2. The molecule has 0 aromatic carbocycles. The number of hydrogen-bond acceptors (Lipinski definition) is 4. The molecule has 0 aliphatic carbocycles. The zero-order chi connectivity index (χ0) is 37.3. The fraction of sp³-hybridized carbons (Fsp3) is 0.978. The minimum Gasteiger partial charge on any atom is -0.394 e. The van der Waals surface area contributed by atoms with E-state index < -0.39 is 24.2 Å². The number of aliphatic hydroxyl groups excluding tert-OH is 3. The van der Waals surface area contributed by atoms with Gasteiger partial charge in [0.15, 0.2) is 0 Å². The minimum atomic E-state index is -1.07. The van der Waals surface area contributed by atoms with E-state index in [1.54, 1.807) is 0 Å². The van der Waals surface area contributed by atoms with Gasteiger partial charge in [-0.3, -0.25) is 4.79 Å². The van der Waals surface area contributed by atoms with Gasteiger partial charge in [-0.2, -0.15) is 0 Å². The maximum atomic E-state index is 12.5. The normalized spacial score (nSPS) is 13.4. The Kier molecular flexibility index (Phi) is 41.6. The zero-order valence-corrected chi connectivity index (χ0v) is 34.8. The number of unbranched alkanes of at least 4 members (excludes halogenated alkanes) is 35. The molecule has 4 N–H and O–H groups in total. The molecule has 0 spiro atoms. The molecule has 1 amide bonds. The van der Waals surface area contributed by atoms with E-state index in [4.69, 9.17) is 0 Å². The van der Waals surface area contributed by atoms with E-state index in [2.05, 4.69) is 19.2 Å². The highest BCUT2D eigenvalue weighted by atomic mass is 16.3. The van der Waals surface area contributed by atoms with Crippen molar-refractivity contribution in [2.75, 3.05) is 6.61 Å². The van der Waals surface area contributed by atoms with Crippen LogP contribution in [0.2, 0.25) is 0 Å². The monoisotopic (exact) mass is 724 g/mol. The fourth-order valence-electron chi connectivity index (χ4n) is 7.55. The van der Waals surface area contributed by atoms with E-state index in [0.717, 1.165) is 32.1 Å². The summed E-state index contributed by atoms with van der Waals surface area (Å²) >= 11 is 0. The molecule has 3 unspecified atom stereocenters. The predicted molar refractivity (Wildman–Crippen MR) is 222 cm³/mol. The van der Waals surface area contributed by atoms with Gasteiger partial charge in [-0.1, -0.05) is 251 Å². The molecular formula is C46H93NO4. The molecule has 0 aliphatic rings. The van der Waals surface area contributed by atoms with Crippen molar-refractivity contribution in [3.05, 3.63) is 0 Å². The molecule has 51 heavy (non-hydrogen) atoms. The standard InChI is InChI=1S/C46H93NO4/c1-3-5-7-9-11-13-15-17-19-21-22-23-25-26-28-30-32-34-36-38-40-44(49)43(42-48)47-46(51)45(50)41-39-37-35-33-31-29-27-24-20-18-16-14-12-10-8-6-4-2/h43-45,48-50H,3-42H2,1-2H3,(H,47,51). The number of aliphatic hydroxyl groups is 3. The summed E-state index contributed by atoms with van der Waals surface area (Å²) in [5, 5.41) is 33.4. The maximum Gasteiger partial charge on any atom is 0.249 e. The summed E-state index contributed by atoms with van der Waals surface area (Å²) < 4.78 is 0. The summed E-state index contributed by atoms with van der Waals surface area (Å²) in [5.41, 5.74) is 0. The summed E-state index contributed by atoms with van der Waals surface area (Å²) in [5.74, 6) is -0.465. The first-order valence-electron chi connectivity index (χ1n) is 23.3. The summed E-state index contributed by atoms with van der Waals surface area (Å²) in [7, 11) is 0. The van der Waals surface area contributed by atoms with Crippen LogP contribution >= 0.6 is 0 Å². The number of nitrogens with one attached hydrogen (secondary N) is 1. The lowest BCUT2D eigenvalue weighted by molar-refractivity contribution is -0.131. The van der Waals surface area contributed by atoms with E-state index in [-0.39, 0.29) is 6.61 Å². The Morgan fingerprint density at radius 2 is 0.627 bits per heavy atom. The Morgan fingerprint density at radius 1 is 0.392 bits per heavy atom. The molecule has 5 nitrogen and oxygen atoms in total. The Balaban J connectivity index is 3.56. The van der Waals surface area contributed by atoms with Crippen molar-refractivity contribution in [1.82, 2.24) is 5.32 Å². The highest BCUT2D eigenvalue weighted by Crippen LogP contribution is 2.17. The first-order valence-corrected chi connectivity index (χ1v) is 23.3. The second kappa shape index (κ2) is 42.1. The molecule has 0 saturated heterocycles. The van der Waals surface area contributed by atoms with E-state index in [0.29, 0.717) is 12.8 Å². The molecule has 306 valence electrons. The van der Waals surface area contributed by atoms with Crippen molar-refractivity contribution in [2.24, 2.45) is 0 Å². The fourth-order valence-corrected chi connectivity index (χ4v) is 7.55. The SMILES string of the molecule is CCCCCCCCCCCCCCCCCCCCCCC(O)C(CO)NC(=O)C(O)CCCCCCCCCCCCCCCCCCC. The molecule has 0 fully saturated rings. The van der Waals surface area contributed by atoms with Crippen LogP contribution in [-0.2, 0) is 4.79 Å². The predicted octanol–water partition coefficient (Wildman–Crippen LogP) is 13.4. The number of rotatable bonds is 43. The van der Waals surface area contributed by atoms with Gasteiger partial charge in [0.2, 0.25) is 5.91 Å². The number of amides is 1. The van der Waals surface area contributed by atoms with Crippen molar-refractivity contribution in [3.8, 4) is 0 Å². The van der Waals surface area contributed by atoms with Crippen LogP contribution in [0.3, 0.4) is 0 Å². The average molecular weight is 724 g/mol. The van der Waals surface area contributed by atoms with Crippen molar-refractivity contribution >= 4 is 5.91 Å². The lowest BCUT2D eigenvalue weighted by Crippen LogP contribution is -2.49. The van der Waals surface area contributed by atoms with Gasteiger partial charge in [0.1, 0.15) is 6.10 Å². The van der Waals surface area contributed by atoms with Gasteiger partial charge >= 0.3 is 0 Å². The van der Waals surface area contributed by atoms with Gasteiger partial charge in [0, 0.05) is 0 Å². The van der Waals surface area contributed by atoms with Crippen molar-refractivity contribution in [3.63, 3.8) is 0 Å². The first kappa shape index (κ1) is 50.4. The van der Waals surface area contributed by atoms with Crippen LogP contribution in [0.15, 0.2) is 0 Å². The Bertz CT molecular complexity index is 674. The molecule has 0 aromatic rings. The summed E-state index contributed by atoms with van der Waals surface area (Å²) in [6.45, 7) is 4.26. The molecule has 5 heteroatoms. The number of carbonyl (C=O) groups excluding carboxylic acids is 1. The summed E-state index contributed by atoms with van der Waals surface area (Å²) in [6, 6.07) is -0.706. The molecule has 0 heterocycles. The van der Waals surface area contributed by atoms with Gasteiger partial charge in [-0.25, -0.2) is 0 Å². The van der Waals surface area contributed by atoms with Crippen LogP contribution in [0.1, 0.15) is 264 Å². The van der Waals surface area contributed by atoms with E-state index in [1.165, 1.54) is 205 Å². The third kappa shape index (κ3) is 37.5. The molecule has 0 aliphatic heterocycles. The van der Waals surface area contributed by atoms with Gasteiger partial charge in [-0.05, 0) is 12.8 Å². The quantitative estimate of drug-likeness (QED) is 0.0472. The van der Waals surface area contributed by atoms with Crippen LogP contribution < -0.4 is 5.32 Å². The second-order valence-electron chi connectivity index (χ2n) is 16.3. The van der Waals surface area contributed by atoms with Crippen LogP contribution in [0.5, 0.6) is 0 Å². The van der Waals surface area contributed by atoms with Gasteiger partial charge in [0.05, 0.1) is 18.8 Å². The third-order valence-corrected chi connectivity index (χ3v) is 11.2. The largest absolute Gasteiger partial charge is 0.394 e. The smallest absolute Gasteiger partial charge is 0.249 e. The maximum absolute atomic E-state index is 12.5. The van der Waals surface area contributed by atoms with E-state index in [1.807, 2.05) is 0 Å². The van der Waals surface area contributed by atoms with Gasteiger partial charge in [0.25, 0.3) is 0 Å².